The smallest absolute Gasteiger partial charge is 0.344 e. The second-order valence-electron chi connectivity index (χ2n) is 6.29. The highest BCUT2D eigenvalue weighted by molar-refractivity contribution is 6.06. The van der Waals surface area contributed by atoms with E-state index >= 15 is 0 Å². The third-order valence-electron chi connectivity index (χ3n) is 4.43. The number of nitrogens with one attached hydrogen (secondary N) is 1. The number of anilines is 1. The van der Waals surface area contributed by atoms with Crippen LogP contribution in [-0.4, -0.2) is 10.8 Å². The summed E-state index contributed by atoms with van der Waals surface area (Å²) in [6.07, 6.45) is 0. The molecule has 1 aromatic heterocycles. The SMILES string of the molecule is O=C(Nc1ccccc1[N+](=O)[O-])c1cccc(-c2cc3ccccc3oc2=O)c1. The van der Waals surface area contributed by atoms with Crippen molar-refractivity contribution in [3.63, 3.8) is 0 Å². The number of fused-ring (bicyclic) bond motifs is 1. The summed E-state index contributed by atoms with van der Waals surface area (Å²) < 4.78 is 5.35. The summed E-state index contributed by atoms with van der Waals surface area (Å²) in [4.78, 5) is 35.6. The molecule has 0 atom stereocenters. The van der Waals surface area contributed by atoms with Gasteiger partial charge < -0.3 is 9.73 Å². The van der Waals surface area contributed by atoms with Gasteiger partial charge in [-0.15, -0.1) is 0 Å². The van der Waals surface area contributed by atoms with Crippen LogP contribution in [0.4, 0.5) is 11.4 Å². The van der Waals surface area contributed by atoms with Gasteiger partial charge in [0.25, 0.3) is 11.6 Å². The van der Waals surface area contributed by atoms with Gasteiger partial charge >= 0.3 is 5.63 Å². The average molecular weight is 386 g/mol. The second-order valence-corrected chi connectivity index (χ2v) is 6.29. The molecule has 3 aromatic carbocycles. The molecule has 4 aromatic rings. The normalized spacial score (nSPS) is 10.6. The predicted octanol–water partition coefficient (Wildman–Crippen LogP) is 4.62. The van der Waals surface area contributed by atoms with Gasteiger partial charge in [0.1, 0.15) is 11.3 Å². The number of amides is 1. The number of carbonyl (C=O) groups is 1. The molecule has 0 radical (unpaired) electrons. The topological polar surface area (TPSA) is 102 Å². The summed E-state index contributed by atoms with van der Waals surface area (Å²) in [5.41, 5.74) is 0.953. The lowest BCUT2D eigenvalue weighted by molar-refractivity contribution is -0.383. The molecule has 142 valence electrons. The van der Waals surface area contributed by atoms with Crippen molar-refractivity contribution in [1.29, 1.82) is 0 Å². The number of benzene rings is 3. The van der Waals surface area contributed by atoms with Crippen LogP contribution in [0.1, 0.15) is 10.4 Å². The van der Waals surface area contributed by atoms with Crippen molar-refractivity contribution in [2.75, 3.05) is 5.32 Å². The molecule has 0 aliphatic carbocycles. The van der Waals surface area contributed by atoms with Crippen molar-refractivity contribution in [2.24, 2.45) is 0 Å². The van der Waals surface area contributed by atoms with Crippen LogP contribution < -0.4 is 10.9 Å². The molecule has 0 spiro atoms. The summed E-state index contributed by atoms with van der Waals surface area (Å²) in [6.45, 7) is 0. The Bertz CT molecular complexity index is 1310. The van der Waals surface area contributed by atoms with E-state index in [0.717, 1.165) is 5.39 Å². The van der Waals surface area contributed by atoms with Crippen molar-refractivity contribution in [1.82, 2.24) is 0 Å². The first kappa shape index (κ1) is 18.1. The quantitative estimate of drug-likeness (QED) is 0.313. The Hall–Kier alpha value is -4.26. The molecule has 0 fully saturated rings. The number of rotatable bonds is 4. The lowest BCUT2D eigenvalue weighted by Gasteiger charge is -2.08. The van der Waals surface area contributed by atoms with E-state index < -0.39 is 16.5 Å². The largest absolute Gasteiger partial charge is 0.422 e. The molecule has 0 aliphatic rings. The van der Waals surface area contributed by atoms with Crippen LogP contribution >= 0.6 is 0 Å². The zero-order chi connectivity index (χ0) is 20.4. The minimum absolute atomic E-state index is 0.0955. The summed E-state index contributed by atoms with van der Waals surface area (Å²) in [5.74, 6) is -0.522. The van der Waals surface area contributed by atoms with E-state index in [1.807, 2.05) is 12.1 Å². The lowest BCUT2D eigenvalue weighted by atomic mass is 10.0. The van der Waals surface area contributed by atoms with E-state index in [-0.39, 0.29) is 16.9 Å². The van der Waals surface area contributed by atoms with Gasteiger partial charge in [-0.25, -0.2) is 4.79 Å². The summed E-state index contributed by atoms with van der Waals surface area (Å²) in [6, 6.07) is 21.2. The van der Waals surface area contributed by atoms with Gasteiger partial charge in [0.15, 0.2) is 0 Å². The number of nitrogens with zero attached hydrogens (tertiary/aromatic N) is 1. The molecule has 1 amide bonds. The van der Waals surface area contributed by atoms with Crippen molar-refractivity contribution in [3.8, 4) is 11.1 Å². The fourth-order valence-electron chi connectivity index (χ4n) is 3.02. The van der Waals surface area contributed by atoms with Gasteiger partial charge in [-0.1, -0.05) is 42.5 Å². The first-order chi connectivity index (χ1) is 14.0. The minimum atomic E-state index is -0.563. The van der Waals surface area contributed by atoms with Gasteiger partial charge in [0.2, 0.25) is 0 Å². The van der Waals surface area contributed by atoms with Crippen molar-refractivity contribution >= 4 is 28.3 Å². The number of hydrogen-bond donors (Lipinski definition) is 1. The van der Waals surface area contributed by atoms with Crippen molar-refractivity contribution in [3.05, 3.63) is 105 Å². The Morgan fingerprint density at radius 2 is 1.69 bits per heavy atom. The fourth-order valence-corrected chi connectivity index (χ4v) is 3.02. The molecule has 7 nitrogen and oxygen atoms in total. The van der Waals surface area contributed by atoms with Gasteiger partial charge in [-0.05, 0) is 35.9 Å². The van der Waals surface area contributed by atoms with E-state index in [1.165, 1.54) is 18.2 Å². The number of carbonyl (C=O) groups excluding carboxylic acids is 1. The molecule has 0 saturated heterocycles. The van der Waals surface area contributed by atoms with Gasteiger partial charge in [0, 0.05) is 17.0 Å². The third-order valence-corrected chi connectivity index (χ3v) is 4.43. The second kappa shape index (κ2) is 7.40. The zero-order valence-corrected chi connectivity index (χ0v) is 15.0. The highest BCUT2D eigenvalue weighted by Crippen LogP contribution is 2.25. The molecular formula is C22H14N2O5. The Balaban J connectivity index is 1.70. The first-order valence-electron chi connectivity index (χ1n) is 8.71. The molecular weight excluding hydrogens is 372 g/mol. The third kappa shape index (κ3) is 3.61. The van der Waals surface area contributed by atoms with Gasteiger partial charge in [-0.2, -0.15) is 0 Å². The molecule has 0 aliphatic heterocycles. The van der Waals surface area contributed by atoms with Crippen LogP contribution in [0.3, 0.4) is 0 Å². The van der Waals surface area contributed by atoms with E-state index in [4.69, 9.17) is 4.42 Å². The molecule has 1 N–H and O–H groups in total. The maximum Gasteiger partial charge on any atom is 0.344 e. The minimum Gasteiger partial charge on any atom is -0.422 e. The van der Waals surface area contributed by atoms with Crippen molar-refractivity contribution in [2.45, 2.75) is 0 Å². The summed E-state index contributed by atoms with van der Waals surface area (Å²) in [5, 5.41) is 14.4. The van der Waals surface area contributed by atoms with Gasteiger partial charge in [0.05, 0.1) is 10.5 Å². The van der Waals surface area contributed by atoms with Crippen LogP contribution in [0.5, 0.6) is 0 Å². The lowest BCUT2D eigenvalue weighted by Crippen LogP contribution is -2.13. The van der Waals surface area contributed by atoms with Crippen LogP contribution in [0.2, 0.25) is 0 Å². The molecule has 0 unspecified atom stereocenters. The molecule has 29 heavy (non-hydrogen) atoms. The summed E-state index contributed by atoms with van der Waals surface area (Å²) in [7, 11) is 0. The molecule has 1 heterocycles. The van der Waals surface area contributed by atoms with E-state index in [2.05, 4.69) is 5.32 Å². The Labute approximate surface area is 164 Å². The van der Waals surface area contributed by atoms with Gasteiger partial charge in [-0.3, -0.25) is 14.9 Å². The Kier molecular flexibility index (Phi) is 4.62. The van der Waals surface area contributed by atoms with Crippen LogP contribution in [0.15, 0.2) is 88.1 Å². The molecule has 0 bridgehead atoms. The monoisotopic (exact) mass is 386 g/mol. The van der Waals surface area contributed by atoms with Crippen molar-refractivity contribution < 1.29 is 14.1 Å². The highest BCUT2D eigenvalue weighted by atomic mass is 16.6. The molecule has 0 saturated carbocycles. The zero-order valence-electron chi connectivity index (χ0n) is 15.0. The maximum atomic E-state index is 12.6. The summed E-state index contributed by atoms with van der Waals surface area (Å²) >= 11 is 0. The standard InChI is InChI=1S/C22H14N2O5/c25-21(23-18-9-2-3-10-19(18)24(27)28)16-8-5-7-14(12-16)17-13-15-6-1-4-11-20(15)29-22(17)26/h1-13H,(H,23,25). The fraction of sp³-hybridized carbons (Fsp3) is 0. The van der Waals surface area contributed by atoms with Crippen LogP contribution in [-0.2, 0) is 0 Å². The van der Waals surface area contributed by atoms with Crippen LogP contribution in [0.25, 0.3) is 22.1 Å². The first-order valence-corrected chi connectivity index (χ1v) is 8.71. The van der Waals surface area contributed by atoms with E-state index in [1.54, 1.807) is 48.5 Å². The predicted molar refractivity (Wildman–Crippen MR) is 109 cm³/mol. The number of nitro groups is 1. The van der Waals surface area contributed by atoms with Crippen LogP contribution in [0, 0.1) is 10.1 Å². The maximum absolute atomic E-state index is 12.6. The molecule has 4 rings (SSSR count). The average Bonchev–Trinajstić information content (AvgIpc) is 2.73. The highest BCUT2D eigenvalue weighted by Gasteiger charge is 2.16. The number of hydrogen-bond acceptors (Lipinski definition) is 5. The Morgan fingerprint density at radius 3 is 2.52 bits per heavy atom. The number of para-hydroxylation sites is 3. The molecule has 7 heteroatoms. The van der Waals surface area contributed by atoms with E-state index in [0.29, 0.717) is 16.7 Å². The van der Waals surface area contributed by atoms with E-state index in [9.17, 15) is 19.7 Å². The number of nitro benzene ring substituents is 1. The Morgan fingerprint density at radius 1 is 0.931 bits per heavy atom.